The summed E-state index contributed by atoms with van der Waals surface area (Å²) in [5, 5.41) is 2.44. The first-order valence-electron chi connectivity index (χ1n) is 11.3. The minimum Gasteiger partial charge on any atom is -0.483 e. The molecule has 1 aliphatic heterocycles. The van der Waals surface area contributed by atoms with Gasteiger partial charge < -0.3 is 19.0 Å². The number of imidazole rings is 1. The lowest BCUT2D eigenvalue weighted by Gasteiger charge is -2.11. The fourth-order valence-corrected chi connectivity index (χ4v) is 5.47. The van der Waals surface area contributed by atoms with Gasteiger partial charge in [-0.25, -0.2) is 13.4 Å². The van der Waals surface area contributed by atoms with Crippen LogP contribution in [0.15, 0.2) is 64.7 Å². The highest BCUT2D eigenvalue weighted by atomic mass is 32.2. The van der Waals surface area contributed by atoms with Gasteiger partial charge in [0.2, 0.25) is 0 Å². The topological polar surface area (TPSA) is 98.6 Å². The summed E-state index contributed by atoms with van der Waals surface area (Å²) in [6.07, 6.45) is 5.87. The molecule has 3 heterocycles. The first-order valence-corrected chi connectivity index (χ1v) is 14.0. The summed E-state index contributed by atoms with van der Waals surface area (Å²) in [6, 6.07) is 12.2. The van der Waals surface area contributed by atoms with E-state index in [0.29, 0.717) is 29.1 Å². The molecule has 1 atom stereocenters. The SMILES string of the molecule is CCC1CN=C(c2cc3cc(Oc4ccc(S(C)(=O)=O)cc4)cc(OCc4nccn4C)c3[nH]2)S1. The molecule has 0 aliphatic carbocycles. The summed E-state index contributed by atoms with van der Waals surface area (Å²) in [7, 11) is -1.35. The van der Waals surface area contributed by atoms with Crippen molar-refractivity contribution in [3.8, 4) is 17.2 Å². The summed E-state index contributed by atoms with van der Waals surface area (Å²) in [6.45, 7) is 3.30. The third-order valence-corrected chi connectivity index (χ3v) is 8.35. The van der Waals surface area contributed by atoms with Crippen molar-refractivity contribution in [1.29, 1.82) is 0 Å². The lowest BCUT2D eigenvalue weighted by molar-refractivity contribution is 0.293. The molecule has 1 N–H and O–H groups in total. The van der Waals surface area contributed by atoms with Crippen molar-refractivity contribution < 1.29 is 17.9 Å². The van der Waals surface area contributed by atoms with Gasteiger partial charge in [-0.05, 0) is 42.8 Å². The number of hydrogen-bond acceptors (Lipinski definition) is 7. The molecular formula is C25H26N4O4S2. The number of H-pyrrole nitrogens is 1. The number of nitrogens with one attached hydrogen (secondary N) is 1. The Labute approximate surface area is 208 Å². The Bertz CT molecular complexity index is 1500. The zero-order chi connectivity index (χ0) is 24.6. The van der Waals surface area contributed by atoms with Crippen LogP contribution in [0.5, 0.6) is 17.2 Å². The number of fused-ring (bicyclic) bond motifs is 1. The van der Waals surface area contributed by atoms with Crippen molar-refractivity contribution in [1.82, 2.24) is 14.5 Å². The van der Waals surface area contributed by atoms with E-state index in [9.17, 15) is 8.42 Å². The van der Waals surface area contributed by atoms with Crippen LogP contribution in [-0.4, -0.2) is 46.0 Å². The van der Waals surface area contributed by atoms with Crippen molar-refractivity contribution >= 4 is 37.5 Å². The normalized spacial score (nSPS) is 16.0. The second kappa shape index (κ2) is 9.43. The number of hydrogen-bond donors (Lipinski definition) is 1. The molecule has 0 amide bonds. The number of nitrogens with zero attached hydrogens (tertiary/aromatic N) is 3. The standard InChI is InChI=1S/C25H26N4O4S2/c1-4-19-14-27-25(34-19)21-12-16-11-18(33-17-5-7-20(8-6-17)35(3,30)31)13-22(24(16)28-21)32-15-23-26-9-10-29(23)2/h5-13,19,28H,4,14-15H2,1-3H3. The summed E-state index contributed by atoms with van der Waals surface area (Å²) in [5.74, 6) is 2.55. The van der Waals surface area contributed by atoms with Crippen molar-refractivity contribution in [3.05, 3.63) is 66.4 Å². The lowest BCUT2D eigenvalue weighted by Crippen LogP contribution is -2.03. The Morgan fingerprint density at radius 1 is 1.17 bits per heavy atom. The summed E-state index contributed by atoms with van der Waals surface area (Å²) < 4.78 is 37.7. The van der Waals surface area contributed by atoms with Gasteiger partial charge in [-0.1, -0.05) is 18.7 Å². The molecule has 8 nitrogen and oxygen atoms in total. The third-order valence-electron chi connectivity index (χ3n) is 5.83. The Balaban J connectivity index is 1.48. The van der Waals surface area contributed by atoms with Crippen molar-refractivity contribution in [2.45, 2.75) is 30.1 Å². The second-order valence-corrected chi connectivity index (χ2v) is 11.8. The molecule has 1 aliphatic rings. The van der Waals surface area contributed by atoms with E-state index in [1.165, 1.54) is 18.4 Å². The van der Waals surface area contributed by atoms with Gasteiger partial charge in [-0.2, -0.15) is 0 Å². The van der Waals surface area contributed by atoms with Crippen LogP contribution in [-0.2, 0) is 23.5 Å². The van der Waals surface area contributed by atoms with Gasteiger partial charge in [0.1, 0.15) is 34.7 Å². The Morgan fingerprint density at radius 3 is 2.63 bits per heavy atom. The monoisotopic (exact) mass is 510 g/mol. The van der Waals surface area contributed by atoms with Gasteiger partial charge in [0, 0.05) is 42.4 Å². The largest absolute Gasteiger partial charge is 0.483 e. The van der Waals surface area contributed by atoms with E-state index in [2.05, 4.69) is 23.0 Å². The molecule has 1 unspecified atom stereocenters. The van der Waals surface area contributed by atoms with E-state index in [-0.39, 0.29) is 4.90 Å². The van der Waals surface area contributed by atoms with E-state index in [4.69, 9.17) is 14.5 Å². The fraction of sp³-hybridized carbons (Fsp3) is 0.280. The zero-order valence-corrected chi connectivity index (χ0v) is 21.3. The zero-order valence-electron chi connectivity index (χ0n) is 19.7. The Kier molecular flexibility index (Phi) is 6.33. The number of thioether (sulfide) groups is 1. The molecule has 0 spiro atoms. The number of benzene rings is 2. The molecule has 0 bridgehead atoms. The van der Waals surface area contributed by atoms with Gasteiger partial charge in [0.15, 0.2) is 9.84 Å². The highest BCUT2D eigenvalue weighted by molar-refractivity contribution is 8.15. The number of aliphatic imine (C=N–C) groups is 1. The molecule has 2 aromatic heterocycles. The van der Waals surface area contributed by atoms with Crippen LogP contribution >= 0.6 is 11.8 Å². The first-order chi connectivity index (χ1) is 16.8. The van der Waals surface area contributed by atoms with Gasteiger partial charge in [-0.15, -0.1) is 0 Å². The van der Waals surface area contributed by atoms with Crippen LogP contribution in [0, 0.1) is 0 Å². The molecule has 0 saturated heterocycles. The average molecular weight is 511 g/mol. The fourth-order valence-electron chi connectivity index (χ4n) is 3.82. The molecule has 182 valence electrons. The predicted molar refractivity (Wildman–Crippen MR) is 139 cm³/mol. The smallest absolute Gasteiger partial charge is 0.175 e. The van der Waals surface area contributed by atoms with E-state index in [0.717, 1.165) is 40.4 Å². The summed E-state index contributed by atoms with van der Waals surface area (Å²) in [5.41, 5.74) is 1.81. The minimum absolute atomic E-state index is 0.245. The summed E-state index contributed by atoms with van der Waals surface area (Å²) >= 11 is 1.79. The molecule has 0 fully saturated rings. The molecule has 4 aromatic rings. The van der Waals surface area contributed by atoms with Gasteiger partial charge in [-0.3, -0.25) is 4.99 Å². The number of ether oxygens (including phenoxy) is 2. The lowest BCUT2D eigenvalue weighted by atomic mass is 10.2. The van der Waals surface area contributed by atoms with Crippen molar-refractivity contribution in [2.75, 3.05) is 12.8 Å². The molecule has 2 aromatic carbocycles. The number of aromatic nitrogens is 3. The quantitative estimate of drug-likeness (QED) is 0.360. The van der Waals surface area contributed by atoms with Crippen LogP contribution in [0.2, 0.25) is 0 Å². The number of rotatable bonds is 8. The van der Waals surface area contributed by atoms with E-state index < -0.39 is 9.84 Å². The van der Waals surface area contributed by atoms with Crippen molar-refractivity contribution in [3.63, 3.8) is 0 Å². The minimum atomic E-state index is -3.27. The molecule has 35 heavy (non-hydrogen) atoms. The van der Waals surface area contributed by atoms with Crippen LogP contribution in [0.1, 0.15) is 24.9 Å². The maximum atomic E-state index is 11.8. The highest BCUT2D eigenvalue weighted by Crippen LogP contribution is 2.36. The van der Waals surface area contributed by atoms with Gasteiger partial charge >= 0.3 is 0 Å². The number of aromatic amines is 1. The predicted octanol–water partition coefficient (Wildman–Crippen LogP) is 4.95. The molecule has 0 saturated carbocycles. The Morgan fingerprint density at radius 2 is 1.97 bits per heavy atom. The molecule has 5 rings (SSSR count). The second-order valence-electron chi connectivity index (χ2n) is 8.45. The maximum Gasteiger partial charge on any atom is 0.175 e. The first kappa shape index (κ1) is 23.5. The molecular weight excluding hydrogens is 484 g/mol. The van der Waals surface area contributed by atoms with Crippen molar-refractivity contribution in [2.24, 2.45) is 12.0 Å². The van der Waals surface area contributed by atoms with Crippen LogP contribution in [0.25, 0.3) is 10.9 Å². The molecule has 10 heteroatoms. The summed E-state index contributed by atoms with van der Waals surface area (Å²) in [4.78, 5) is 12.8. The number of sulfone groups is 1. The van der Waals surface area contributed by atoms with E-state index >= 15 is 0 Å². The van der Waals surface area contributed by atoms with E-state index in [1.807, 2.05) is 29.9 Å². The number of aryl methyl sites for hydroxylation is 1. The average Bonchev–Trinajstić information content (AvgIpc) is 3.56. The van der Waals surface area contributed by atoms with Crippen LogP contribution in [0.3, 0.4) is 0 Å². The van der Waals surface area contributed by atoms with Gasteiger partial charge in [0.25, 0.3) is 0 Å². The van der Waals surface area contributed by atoms with Crippen LogP contribution < -0.4 is 9.47 Å². The highest BCUT2D eigenvalue weighted by Gasteiger charge is 2.22. The molecule has 0 radical (unpaired) electrons. The maximum absolute atomic E-state index is 11.8. The third kappa shape index (κ3) is 5.08. The Hall–Kier alpha value is -3.24. The van der Waals surface area contributed by atoms with Gasteiger partial charge in [0.05, 0.1) is 22.7 Å². The van der Waals surface area contributed by atoms with E-state index in [1.54, 1.807) is 30.1 Å². The van der Waals surface area contributed by atoms with Crippen LogP contribution in [0.4, 0.5) is 0 Å².